The number of halogens is 3. The lowest BCUT2D eigenvalue weighted by molar-refractivity contribution is -0.159. The fourth-order valence-corrected chi connectivity index (χ4v) is 1.31. The summed E-state index contributed by atoms with van der Waals surface area (Å²) in [5, 5.41) is 19.0. The second kappa shape index (κ2) is 5.98. The van der Waals surface area contributed by atoms with Crippen LogP contribution >= 0.6 is 0 Å². The van der Waals surface area contributed by atoms with Crippen LogP contribution in [0.4, 0.5) is 13.2 Å². The summed E-state index contributed by atoms with van der Waals surface area (Å²) in [5.74, 6) is -1.12. The molecule has 0 aliphatic rings. The number of carbonyl (C=O) groups excluding carboxylic acids is 1. The number of pyridine rings is 1. The number of ether oxygens (including phenoxy) is 1. The standard InChI is InChI=1S/C11H12F3NO4/c1-2-19-10(18)9(17)8(16)6-3-7(5-15-4-6)11(12,13)14/h3-5,8-9,16-17H,2H2,1H3. The summed E-state index contributed by atoms with van der Waals surface area (Å²) < 4.78 is 41.8. The fourth-order valence-electron chi connectivity index (χ4n) is 1.31. The molecule has 8 heteroatoms. The minimum absolute atomic E-state index is 0.0244. The van der Waals surface area contributed by atoms with Gasteiger partial charge in [0.05, 0.1) is 12.2 Å². The quantitative estimate of drug-likeness (QED) is 0.806. The maximum Gasteiger partial charge on any atom is 0.417 e. The molecule has 1 aromatic rings. The lowest BCUT2D eigenvalue weighted by Crippen LogP contribution is -2.30. The number of carbonyl (C=O) groups is 1. The van der Waals surface area contributed by atoms with Crippen molar-refractivity contribution in [2.75, 3.05) is 6.61 Å². The molecule has 0 spiro atoms. The van der Waals surface area contributed by atoms with Crippen molar-refractivity contribution in [3.05, 3.63) is 29.6 Å². The molecule has 2 N–H and O–H groups in total. The van der Waals surface area contributed by atoms with Gasteiger partial charge >= 0.3 is 12.1 Å². The van der Waals surface area contributed by atoms with E-state index in [0.717, 1.165) is 6.20 Å². The maximum absolute atomic E-state index is 12.4. The van der Waals surface area contributed by atoms with Gasteiger partial charge in [-0.25, -0.2) is 4.79 Å². The molecule has 0 aliphatic carbocycles. The molecule has 19 heavy (non-hydrogen) atoms. The van der Waals surface area contributed by atoms with E-state index in [0.29, 0.717) is 12.3 Å². The number of alkyl halides is 3. The van der Waals surface area contributed by atoms with E-state index in [1.807, 2.05) is 0 Å². The van der Waals surface area contributed by atoms with Crippen molar-refractivity contribution in [2.45, 2.75) is 25.3 Å². The third-order valence-electron chi connectivity index (χ3n) is 2.26. The summed E-state index contributed by atoms with van der Waals surface area (Å²) in [6.07, 6.45) is -6.92. The number of aromatic nitrogens is 1. The van der Waals surface area contributed by atoms with Gasteiger partial charge in [0.15, 0.2) is 6.10 Å². The Kier molecular flexibility index (Phi) is 4.84. The normalized spacial score (nSPS) is 14.8. The molecule has 0 amide bonds. The summed E-state index contributed by atoms with van der Waals surface area (Å²) in [5.41, 5.74) is -1.41. The van der Waals surface area contributed by atoms with Crippen molar-refractivity contribution in [3.8, 4) is 0 Å². The monoisotopic (exact) mass is 279 g/mol. The maximum atomic E-state index is 12.4. The van der Waals surface area contributed by atoms with Crippen LogP contribution in [0.3, 0.4) is 0 Å². The topological polar surface area (TPSA) is 79.7 Å². The van der Waals surface area contributed by atoms with E-state index in [1.165, 1.54) is 6.92 Å². The van der Waals surface area contributed by atoms with E-state index in [2.05, 4.69) is 9.72 Å². The average molecular weight is 279 g/mol. The lowest BCUT2D eigenvalue weighted by Gasteiger charge is -2.17. The SMILES string of the molecule is CCOC(=O)C(O)C(O)c1cncc(C(F)(F)F)c1. The molecule has 0 aliphatic heterocycles. The molecular formula is C11H12F3NO4. The molecule has 1 aromatic heterocycles. The Morgan fingerprint density at radius 1 is 1.42 bits per heavy atom. The van der Waals surface area contributed by atoms with Crippen LogP contribution in [-0.2, 0) is 15.7 Å². The first-order valence-corrected chi connectivity index (χ1v) is 5.32. The molecule has 1 heterocycles. The number of nitrogens with zero attached hydrogens (tertiary/aromatic N) is 1. The van der Waals surface area contributed by atoms with Crippen LogP contribution < -0.4 is 0 Å². The summed E-state index contributed by atoms with van der Waals surface area (Å²) >= 11 is 0. The summed E-state index contributed by atoms with van der Waals surface area (Å²) in [6, 6.07) is 0.611. The van der Waals surface area contributed by atoms with E-state index < -0.39 is 29.9 Å². The van der Waals surface area contributed by atoms with Crippen LogP contribution in [0.15, 0.2) is 18.5 Å². The molecule has 0 fully saturated rings. The molecule has 2 atom stereocenters. The van der Waals surface area contributed by atoms with E-state index in [1.54, 1.807) is 0 Å². The zero-order valence-electron chi connectivity index (χ0n) is 9.89. The number of hydrogen-bond acceptors (Lipinski definition) is 5. The van der Waals surface area contributed by atoms with Crippen molar-refractivity contribution in [3.63, 3.8) is 0 Å². The van der Waals surface area contributed by atoms with Gasteiger partial charge < -0.3 is 14.9 Å². The Bertz CT molecular complexity index is 450. The van der Waals surface area contributed by atoms with Crippen LogP contribution in [0.25, 0.3) is 0 Å². The number of esters is 1. The molecule has 0 aromatic carbocycles. The van der Waals surface area contributed by atoms with Gasteiger partial charge in [-0.3, -0.25) is 4.98 Å². The van der Waals surface area contributed by atoms with Crippen LogP contribution in [-0.4, -0.2) is 33.9 Å². The van der Waals surface area contributed by atoms with Crippen molar-refractivity contribution in [1.82, 2.24) is 4.98 Å². The smallest absolute Gasteiger partial charge is 0.417 e. The van der Waals surface area contributed by atoms with Crippen molar-refractivity contribution < 1.29 is 32.9 Å². The van der Waals surface area contributed by atoms with Gasteiger partial charge in [0.25, 0.3) is 0 Å². The zero-order chi connectivity index (χ0) is 14.6. The van der Waals surface area contributed by atoms with E-state index >= 15 is 0 Å². The second-order valence-corrected chi connectivity index (χ2v) is 3.65. The van der Waals surface area contributed by atoms with Crippen molar-refractivity contribution in [1.29, 1.82) is 0 Å². The van der Waals surface area contributed by atoms with Crippen LogP contribution in [0.5, 0.6) is 0 Å². The Labute approximate surface area is 106 Å². The molecule has 0 radical (unpaired) electrons. The highest BCUT2D eigenvalue weighted by Gasteiger charge is 2.33. The molecular weight excluding hydrogens is 267 g/mol. The van der Waals surface area contributed by atoms with Gasteiger partial charge in [-0.1, -0.05) is 0 Å². The van der Waals surface area contributed by atoms with Gasteiger partial charge in [-0.15, -0.1) is 0 Å². The van der Waals surface area contributed by atoms with E-state index in [4.69, 9.17) is 0 Å². The highest BCUT2D eigenvalue weighted by atomic mass is 19.4. The van der Waals surface area contributed by atoms with Crippen LogP contribution in [0.2, 0.25) is 0 Å². The van der Waals surface area contributed by atoms with Crippen molar-refractivity contribution in [2.24, 2.45) is 0 Å². The van der Waals surface area contributed by atoms with Gasteiger partial charge in [0.1, 0.15) is 6.10 Å². The molecule has 106 valence electrons. The zero-order valence-corrected chi connectivity index (χ0v) is 9.89. The molecule has 0 saturated carbocycles. The number of hydrogen-bond donors (Lipinski definition) is 2. The third-order valence-corrected chi connectivity index (χ3v) is 2.26. The highest BCUT2D eigenvalue weighted by Crippen LogP contribution is 2.30. The molecule has 0 bridgehead atoms. The van der Waals surface area contributed by atoms with Crippen LogP contribution in [0.1, 0.15) is 24.2 Å². The Balaban J connectivity index is 2.94. The number of aliphatic hydroxyl groups excluding tert-OH is 2. The van der Waals surface area contributed by atoms with E-state index in [9.17, 15) is 28.2 Å². The first kappa shape index (κ1) is 15.4. The number of rotatable bonds is 4. The Morgan fingerprint density at radius 2 is 2.05 bits per heavy atom. The first-order chi connectivity index (χ1) is 8.77. The Morgan fingerprint density at radius 3 is 2.58 bits per heavy atom. The largest absolute Gasteiger partial charge is 0.464 e. The number of aliphatic hydroxyl groups is 2. The fraction of sp³-hybridized carbons (Fsp3) is 0.455. The van der Waals surface area contributed by atoms with Gasteiger partial charge in [-0.2, -0.15) is 13.2 Å². The van der Waals surface area contributed by atoms with Gasteiger partial charge in [-0.05, 0) is 13.0 Å². The minimum Gasteiger partial charge on any atom is -0.464 e. The van der Waals surface area contributed by atoms with Crippen molar-refractivity contribution >= 4 is 5.97 Å². The summed E-state index contributed by atoms with van der Waals surface area (Å²) in [7, 11) is 0. The summed E-state index contributed by atoms with van der Waals surface area (Å²) in [6.45, 7) is 1.46. The molecule has 5 nitrogen and oxygen atoms in total. The first-order valence-electron chi connectivity index (χ1n) is 5.32. The second-order valence-electron chi connectivity index (χ2n) is 3.65. The predicted molar refractivity (Wildman–Crippen MR) is 56.8 cm³/mol. The third kappa shape index (κ3) is 3.90. The molecule has 2 unspecified atom stereocenters. The minimum atomic E-state index is -4.63. The van der Waals surface area contributed by atoms with Crippen LogP contribution in [0, 0.1) is 0 Å². The highest BCUT2D eigenvalue weighted by molar-refractivity contribution is 5.75. The van der Waals surface area contributed by atoms with Gasteiger partial charge in [0.2, 0.25) is 0 Å². The Hall–Kier alpha value is -1.67. The average Bonchev–Trinajstić information content (AvgIpc) is 2.36. The summed E-state index contributed by atoms with van der Waals surface area (Å²) in [4.78, 5) is 14.5. The predicted octanol–water partition coefficient (Wildman–Crippen LogP) is 1.06. The lowest BCUT2D eigenvalue weighted by atomic mass is 10.0. The molecule has 1 rings (SSSR count). The molecule has 0 saturated heterocycles. The van der Waals surface area contributed by atoms with Gasteiger partial charge in [0, 0.05) is 18.0 Å². The van der Waals surface area contributed by atoms with E-state index in [-0.39, 0.29) is 12.2 Å².